The normalized spacial score (nSPS) is 12.8. The molecule has 0 aromatic heterocycles. The molecule has 0 heterocycles. The highest BCUT2D eigenvalue weighted by Crippen LogP contribution is 2.13. The van der Waals surface area contributed by atoms with Gasteiger partial charge in [0, 0.05) is 19.3 Å². The van der Waals surface area contributed by atoms with Crippen molar-refractivity contribution in [3.63, 3.8) is 0 Å². The van der Waals surface area contributed by atoms with Crippen LogP contribution in [0.25, 0.3) is 0 Å². The van der Waals surface area contributed by atoms with Crippen LogP contribution in [0.3, 0.4) is 0 Å². The van der Waals surface area contributed by atoms with Crippen molar-refractivity contribution in [2.75, 3.05) is 13.2 Å². The molecule has 1 unspecified atom stereocenters. The van der Waals surface area contributed by atoms with Crippen molar-refractivity contribution in [2.45, 2.75) is 252 Å². The van der Waals surface area contributed by atoms with Crippen LogP contribution in [0.15, 0.2) is 97.2 Å². The van der Waals surface area contributed by atoms with Crippen molar-refractivity contribution in [3.05, 3.63) is 97.2 Å². The molecular formula is C60H100O6. The van der Waals surface area contributed by atoms with Gasteiger partial charge in [0.15, 0.2) is 6.10 Å². The lowest BCUT2D eigenvalue weighted by Gasteiger charge is -2.18. The molecule has 0 saturated carbocycles. The monoisotopic (exact) mass is 917 g/mol. The Kier molecular flexibility index (Phi) is 50.9. The van der Waals surface area contributed by atoms with Crippen LogP contribution in [0, 0.1) is 0 Å². The van der Waals surface area contributed by atoms with Crippen molar-refractivity contribution in [1.82, 2.24) is 0 Å². The number of carbonyl (C=O) groups is 3. The predicted molar refractivity (Wildman–Crippen MR) is 284 cm³/mol. The highest BCUT2D eigenvalue weighted by Gasteiger charge is 2.19. The fourth-order valence-electron chi connectivity index (χ4n) is 7.24. The van der Waals surface area contributed by atoms with Crippen LogP contribution >= 0.6 is 0 Å². The quantitative estimate of drug-likeness (QED) is 0.0199. The summed E-state index contributed by atoms with van der Waals surface area (Å²) in [7, 11) is 0. The van der Waals surface area contributed by atoms with E-state index in [0.717, 1.165) is 103 Å². The maximum Gasteiger partial charge on any atom is 0.306 e. The van der Waals surface area contributed by atoms with Crippen molar-refractivity contribution in [3.8, 4) is 0 Å². The largest absolute Gasteiger partial charge is 0.462 e. The topological polar surface area (TPSA) is 78.9 Å². The highest BCUT2D eigenvalue weighted by atomic mass is 16.6. The zero-order valence-corrected chi connectivity index (χ0v) is 42.9. The van der Waals surface area contributed by atoms with Gasteiger partial charge in [-0.3, -0.25) is 14.4 Å². The van der Waals surface area contributed by atoms with Crippen LogP contribution < -0.4 is 0 Å². The maximum atomic E-state index is 12.8. The van der Waals surface area contributed by atoms with Gasteiger partial charge < -0.3 is 14.2 Å². The molecule has 0 fully saturated rings. The van der Waals surface area contributed by atoms with E-state index in [1.807, 2.05) is 6.08 Å². The predicted octanol–water partition coefficient (Wildman–Crippen LogP) is 18.1. The first-order chi connectivity index (χ1) is 32.5. The third-order valence-corrected chi connectivity index (χ3v) is 11.3. The molecule has 0 N–H and O–H groups in total. The molecule has 0 spiro atoms. The summed E-state index contributed by atoms with van der Waals surface area (Å²) >= 11 is 0. The van der Waals surface area contributed by atoms with Crippen LogP contribution in [0.4, 0.5) is 0 Å². The van der Waals surface area contributed by atoms with Crippen molar-refractivity contribution < 1.29 is 28.6 Å². The average molecular weight is 917 g/mol. The van der Waals surface area contributed by atoms with Gasteiger partial charge in [0.05, 0.1) is 0 Å². The first-order valence-electron chi connectivity index (χ1n) is 27.3. The Labute approximate surface area is 407 Å². The summed E-state index contributed by atoms with van der Waals surface area (Å²) in [6.45, 7) is 6.42. The van der Waals surface area contributed by atoms with Gasteiger partial charge in [-0.2, -0.15) is 0 Å². The van der Waals surface area contributed by atoms with E-state index in [4.69, 9.17) is 14.2 Å². The number of hydrogen-bond donors (Lipinski definition) is 0. The fourth-order valence-corrected chi connectivity index (χ4v) is 7.24. The summed E-state index contributed by atoms with van der Waals surface area (Å²) in [5.74, 6) is -1.02. The van der Waals surface area contributed by atoms with Crippen LogP contribution in [0.2, 0.25) is 0 Å². The molecule has 0 aromatic rings. The molecule has 1 atom stereocenters. The SMILES string of the molecule is CC/C=C/C/C=C/C/C=C/C/C=C/CCCCCCCCC(=O)OCC(COC(=O)CC/C=C/C/C=C/CCCCCCCC)OC(=O)CCCCC/C=C/C=C/CCCCCCCCC. The number of rotatable bonds is 48. The number of unbranched alkanes of at least 4 members (excludes halogenated alkanes) is 22. The zero-order chi connectivity index (χ0) is 47.9. The first-order valence-corrected chi connectivity index (χ1v) is 27.3. The van der Waals surface area contributed by atoms with Gasteiger partial charge in [0.25, 0.3) is 0 Å². The summed E-state index contributed by atoms with van der Waals surface area (Å²) < 4.78 is 16.7. The first kappa shape index (κ1) is 62.3. The average Bonchev–Trinajstić information content (AvgIpc) is 3.31. The number of ether oxygens (including phenoxy) is 3. The lowest BCUT2D eigenvalue weighted by atomic mass is 10.1. The summed E-state index contributed by atoms with van der Waals surface area (Å²) in [5.41, 5.74) is 0. The minimum Gasteiger partial charge on any atom is -0.462 e. The van der Waals surface area contributed by atoms with E-state index >= 15 is 0 Å². The molecule has 0 aliphatic rings. The van der Waals surface area contributed by atoms with E-state index in [0.29, 0.717) is 12.8 Å². The number of carbonyl (C=O) groups excluding carboxylic acids is 3. The van der Waals surface area contributed by atoms with Gasteiger partial charge in [-0.15, -0.1) is 0 Å². The second-order valence-electron chi connectivity index (χ2n) is 17.8. The molecule has 66 heavy (non-hydrogen) atoms. The van der Waals surface area contributed by atoms with Crippen LogP contribution in [-0.4, -0.2) is 37.2 Å². The Hall–Kier alpha value is -3.67. The standard InChI is InChI=1S/C60H100O6/c1-4-7-10-13-16-19-22-25-27-29-30-31-33-35-38-41-44-47-50-53-59(62)65-56-57(55-64-58(61)52-49-46-43-40-37-34-24-21-18-15-12-9-6-3)66-60(63)54-51-48-45-42-39-36-32-28-26-23-20-17-14-11-8-5-2/h7,10,16,19,25,27-28,30-32,34,36-37,39,43,46,57H,4-6,8-9,11-15,17-18,20-24,26,29,33,35,38,40-42,44-45,47-56H2,1-3H3/b10-7+,19-16+,27-25+,31-30+,32-28+,37-34+,39-36+,46-43+. The number of esters is 3. The third-order valence-electron chi connectivity index (χ3n) is 11.3. The molecule has 0 aliphatic carbocycles. The summed E-state index contributed by atoms with van der Waals surface area (Å²) in [6.07, 6.45) is 71.2. The van der Waals surface area contributed by atoms with Gasteiger partial charge in [-0.25, -0.2) is 0 Å². The molecule has 0 radical (unpaired) electrons. The minimum atomic E-state index is -0.821. The molecule has 0 rings (SSSR count). The Bertz CT molecular complexity index is 1330. The molecule has 0 amide bonds. The Balaban J connectivity index is 4.50. The number of allylic oxidation sites excluding steroid dienone is 16. The second-order valence-corrected chi connectivity index (χ2v) is 17.8. The van der Waals surface area contributed by atoms with E-state index in [-0.39, 0.29) is 44.0 Å². The summed E-state index contributed by atoms with van der Waals surface area (Å²) in [5, 5.41) is 0. The van der Waals surface area contributed by atoms with E-state index in [1.165, 1.54) is 96.3 Å². The van der Waals surface area contributed by atoms with Crippen molar-refractivity contribution in [1.29, 1.82) is 0 Å². The van der Waals surface area contributed by atoms with E-state index in [1.54, 1.807) is 0 Å². The Morgan fingerprint density at radius 3 is 1.12 bits per heavy atom. The van der Waals surface area contributed by atoms with Gasteiger partial charge in [0.2, 0.25) is 0 Å². The van der Waals surface area contributed by atoms with Gasteiger partial charge >= 0.3 is 17.9 Å². The minimum absolute atomic E-state index is 0.114. The van der Waals surface area contributed by atoms with E-state index < -0.39 is 6.10 Å². The molecule has 6 nitrogen and oxygen atoms in total. The summed E-state index contributed by atoms with van der Waals surface area (Å²) in [4.78, 5) is 38.0. The van der Waals surface area contributed by atoms with E-state index in [9.17, 15) is 14.4 Å². The smallest absolute Gasteiger partial charge is 0.306 e. The summed E-state index contributed by atoms with van der Waals surface area (Å²) in [6, 6.07) is 0. The van der Waals surface area contributed by atoms with Crippen molar-refractivity contribution in [2.24, 2.45) is 0 Å². The third kappa shape index (κ3) is 51.3. The Morgan fingerprint density at radius 2 is 0.667 bits per heavy atom. The maximum absolute atomic E-state index is 12.8. The molecule has 0 bridgehead atoms. The molecule has 0 saturated heterocycles. The van der Waals surface area contributed by atoms with Crippen LogP contribution in [0.1, 0.15) is 245 Å². The van der Waals surface area contributed by atoms with Gasteiger partial charge in [0.1, 0.15) is 13.2 Å². The highest BCUT2D eigenvalue weighted by molar-refractivity contribution is 5.71. The van der Waals surface area contributed by atoms with Crippen LogP contribution in [-0.2, 0) is 28.6 Å². The lowest BCUT2D eigenvalue weighted by Crippen LogP contribution is -2.30. The van der Waals surface area contributed by atoms with Crippen LogP contribution in [0.5, 0.6) is 0 Å². The molecule has 6 heteroatoms. The van der Waals surface area contributed by atoms with Gasteiger partial charge in [-0.05, 0) is 103 Å². The zero-order valence-electron chi connectivity index (χ0n) is 42.9. The van der Waals surface area contributed by atoms with Gasteiger partial charge in [-0.1, -0.05) is 221 Å². The van der Waals surface area contributed by atoms with E-state index in [2.05, 4.69) is 112 Å². The van der Waals surface area contributed by atoms with Crippen molar-refractivity contribution >= 4 is 17.9 Å². The molecular weight excluding hydrogens is 817 g/mol. The molecule has 0 aliphatic heterocycles. The lowest BCUT2D eigenvalue weighted by molar-refractivity contribution is -0.166. The molecule has 0 aromatic carbocycles. The number of hydrogen-bond acceptors (Lipinski definition) is 6. The Morgan fingerprint density at radius 1 is 0.333 bits per heavy atom. The molecule has 376 valence electrons. The fraction of sp³-hybridized carbons (Fsp3) is 0.683. The second kappa shape index (κ2) is 53.9.